The third-order valence-electron chi connectivity index (χ3n) is 4.09. The normalized spacial score (nSPS) is 17.7. The van der Waals surface area contributed by atoms with Gasteiger partial charge in [-0.25, -0.2) is 0 Å². The molecule has 0 aliphatic carbocycles. The Labute approximate surface area is 151 Å². The summed E-state index contributed by atoms with van der Waals surface area (Å²) < 4.78 is 50.9. The zero-order chi connectivity index (χ0) is 19.6. The molecular formula is C18H25F3N2O3. The van der Waals surface area contributed by atoms with Gasteiger partial charge in [-0.15, -0.1) is 0 Å². The van der Waals surface area contributed by atoms with Crippen molar-refractivity contribution in [2.75, 3.05) is 13.2 Å². The smallest absolute Gasteiger partial charge is 0.416 e. The van der Waals surface area contributed by atoms with E-state index < -0.39 is 28.8 Å². The summed E-state index contributed by atoms with van der Waals surface area (Å²) in [7, 11) is 0. The molecule has 5 nitrogen and oxygen atoms in total. The molecule has 146 valence electrons. The molecule has 1 fully saturated rings. The van der Waals surface area contributed by atoms with Crippen LogP contribution in [0.2, 0.25) is 0 Å². The minimum Gasteiger partial charge on any atom is -0.488 e. The van der Waals surface area contributed by atoms with Crippen LogP contribution in [-0.4, -0.2) is 30.3 Å². The Morgan fingerprint density at radius 1 is 1.27 bits per heavy atom. The highest BCUT2D eigenvalue weighted by Gasteiger charge is 2.37. The molecule has 0 unspecified atom stereocenters. The van der Waals surface area contributed by atoms with Gasteiger partial charge in [0.25, 0.3) is 0 Å². The summed E-state index contributed by atoms with van der Waals surface area (Å²) in [6.45, 7) is 5.71. The SMILES string of the molecule is CC(C)(C)Oc1ccc(CNC(=O)C2(N)CCOCC2)c(C(F)(F)F)c1. The molecule has 1 aliphatic rings. The first-order chi connectivity index (χ1) is 11.9. The van der Waals surface area contributed by atoms with Crippen LogP contribution in [0.1, 0.15) is 44.7 Å². The highest BCUT2D eigenvalue weighted by atomic mass is 19.4. The Balaban J connectivity index is 2.16. The third-order valence-corrected chi connectivity index (χ3v) is 4.09. The summed E-state index contributed by atoms with van der Waals surface area (Å²) in [6.07, 6.45) is -3.89. The molecule has 1 aromatic carbocycles. The van der Waals surface area contributed by atoms with Crippen molar-refractivity contribution in [3.05, 3.63) is 29.3 Å². The maximum atomic E-state index is 13.4. The van der Waals surface area contributed by atoms with Crippen molar-refractivity contribution in [3.8, 4) is 5.75 Å². The molecule has 3 N–H and O–H groups in total. The van der Waals surface area contributed by atoms with E-state index in [0.717, 1.165) is 6.07 Å². The monoisotopic (exact) mass is 374 g/mol. The second-order valence-corrected chi connectivity index (χ2v) is 7.48. The molecule has 1 aromatic rings. The van der Waals surface area contributed by atoms with Crippen LogP contribution in [0.25, 0.3) is 0 Å². The molecule has 1 aliphatic heterocycles. The Hall–Kier alpha value is -1.80. The van der Waals surface area contributed by atoms with E-state index in [1.807, 2.05) is 0 Å². The van der Waals surface area contributed by atoms with Crippen molar-refractivity contribution in [2.24, 2.45) is 5.73 Å². The second kappa shape index (κ2) is 7.44. The number of nitrogens with two attached hydrogens (primary N) is 1. The maximum absolute atomic E-state index is 13.4. The molecule has 2 rings (SSSR count). The Bertz CT molecular complexity index is 648. The first-order valence-corrected chi connectivity index (χ1v) is 8.45. The van der Waals surface area contributed by atoms with E-state index in [0.29, 0.717) is 26.1 Å². The number of ether oxygens (including phenoxy) is 2. The van der Waals surface area contributed by atoms with E-state index in [1.54, 1.807) is 20.8 Å². The van der Waals surface area contributed by atoms with E-state index in [4.69, 9.17) is 15.2 Å². The van der Waals surface area contributed by atoms with Gasteiger partial charge >= 0.3 is 6.18 Å². The molecule has 1 heterocycles. The lowest BCUT2D eigenvalue weighted by Gasteiger charge is -2.32. The van der Waals surface area contributed by atoms with E-state index in [9.17, 15) is 18.0 Å². The van der Waals surface area contributed by atoms with Crippen LogP contribution >= 0.6 is 0 Å². The highest BCUT2D eigenvalue weighted by Crippen LogP contribution is 2.35. The van der Waals surface area contributed by atoms with Crippen LogP contribution in [0.5, 0.6) is 5.75 Å². The van der Waals surface area contributed by atoms with Crippen LogP contribution in [0, 0.1) is 0 Å². The number of hydrogen-bond donors (Lipinski definition) is 2. The first-order valence-electron chi connectivity index (χ1n) is 8.45. The van der Waals surface area contributed by atoms with Crippen LogP contribution in [0.3, 0.4) is 0 Å². The number of halogens is 3. The van der Waals surface area contributed by atoms with E-state index in [-0.39, 0.29) is 17.9 Å². The van der Waals surface area contributed by atoms with Gasteiger partial charge in [-0.1, -0.05) is 6.07 Å². The summed E-state index contributed by atoms with van der Waals surface area (Å²) in [5, 5.41) is 2.53. The minimum atomic E-state index is -4.56. The van der Waals surface area contributed by atoms with Crippen molar-refractivity contribution in [3.63, 3.8) is 0 Å². The number of rotatable bonds is 4. The average Bonchev–Trinajstić information content (AvgIpc) is 2.51. The second-order valence-electron chi connectivity index (χ2n) is 7.48. The highest BCUT2D eigenvalue weighted by molar-refractivity contribution is 5.86. The maximum Gasteiger partial charge on any atom is 0.416 e. The van der Waals surface area contributed by atoms with Crippen molar-refractivity contribution in [1.29, 1.82) is 0 Å². The van der Waals surface area contributed by atoms with Crippen molar-refractivity contribution in [2.45, 2.75) is 57.5 Å². The van der Waals surface area contributed by atoms with Gasteiger partial charge in [0.2, 0.25) is 5.91 Å². The molecular weight excluding hydrogens is 349 g/mol. The van der Waals surface area contributed by atoms with Gasteiger partial charge in [0.1, 0.15) is 11.4 Å². The fourth-order valence-electron chi connectivity index (χ4n) is 2.70. The lowest BCUT2D eigenvalue weighted by molar-refractivity contribution is -0.139. The zero-order valence-corrected chi connectivity index (χ0v) is 15.2. The summed E-state index contributed by atoms with van der Waals surface area (Å²) in [4.78, 5) is 12.3. The first kappa shape index (κ1) is 20.5. The van der Waals surface area contributed by atoms with Crippen molar-refractivity contribution < 1.29 is 27.4 Å². The number of nitrogens with one attached hydrogen (secondary N) is 1. The van der Waals surface area contributed by atoms with E-state index in [2.05, 4.69) is 5.32 Å². The summed E-state index contributed by atoms with van der Waals surface area (Å²) in [5.74, 6) is -0.344. The molecule has 26 heavy (non-hydrogen) atoms. The average molecular weight is 374 g/mol. The van der Waals surface area contributed by atoms with Crippen LogP contribution < -0.4 is 15.8 Å². The Morgan fingerprint density at radius 3 is 2.42 bits per heavy atom. The quantitative estimate of drug-likeness (QED) is 0.850. The van der Waals surface area contributed by atoms with Crippen LogP contribution in [0.15, 0.2) is 18.2 Å². The van der Waals surface area contributed by atoms with Gasteiger partial charge in [0.05, 0.1) is 11.1 Å². The summed E-state index contributed by atoms with van der Waals surface area (Å²) in [5.41, 5.74) is 3.45. The van der Waals surface area contributed by atoms with Gasteiger partial charge in [0, 0.05) is 19.8 Å². The van der Waals surface area contributed by atoms with Gasteiger partial charge in [-0.05, 0) is 51.3 Å². The molecule has 0 bridgehead atoms. The Kier molecular flexibility index (Phi) is 5.87. The van der Waals surface area contributed by atoms with E-state index >= 15 is 0 Å². The standard InChI is InChI=1S/C18H25F3N2O3/c1-16(2,3)26-13-5-4-12(14(10-13)18(19,20)21)11-23-15(24)17(22)6-8-25-9-7-17/h4-5,10H,6-9,11,22H2,1-3H3,(H,23,24). The molecule has 1 amide bonds. The largest absolute Gasteiger partial charge is 0.488 e. The van der Waals surface area contributed by atoms with Gasteiger partial charge < -0.3 is 20.5 Å². The van der Waals surface area contributed by atoms with E-state index in [1.165, 1.54) is 12.1 Å². The fraction of sp³-hybridized carbons (Fsp3) is 0.611. The molecule has 0 aromatic heterocycles. The number of carbonyl (C=O) groups is 1. The van der Waals surface area contributed by atoms with Crippen molar-refractivity contribution >= 4 is 5.91 Å². The third kappa shape index (κ3) is 5.35. The molecule has 8 heteroatoms. The molecule has 0 saturated carbocycles. The van der Waals surface area contributed by atoms with Crippen LogP contribution in [-0.2, 0) is 22.3 Å². The van der Waals surface area contributed by atoms with Crippen LogP contribution in [0.4, 0.5) is 13.2 Å². The number of amides is 1. The lowest BCUT2D eigenvalue weighted by Crippen LogP contribution is -2.56. The minimum absolute atomic E-state index is 0.0391. The number of hydrogen-bond acceptors (Lipinski definition) is 4. The predicted molar refractivity (Wildman–Crippen MR) is 90.6 cm³/mol. The zero-order valence-electron chi connectivity index (χ0n) is 15.2. The summed E-state index contributed by atoms with van der Waals surface area (Å²) in [6, 6.07) is 3.74. The molecule has 0 spiro atoms. The predicted octanol–water partition coefficient (Wildman–Crippen LogP) is 3.01. The van der Waals surface area contributed by atoms with Crippen molar-refractivity contribution in [1.82, 2.24) is 5.32 Å². The van der Waals surface area contributed by atoms with Gasteiger partial charge in [-0.2, -0.15) is 13.2 Å². The summed E-state index contributed by atoms with van der Waals surface area (Å²) >= 11 is 0. The Morgan fingerprint density at radius 2 is 1.88 bits per heavy atom. The lowest BCUT2D eigenvalue weighted by atomic mass is 9.90. The number of carbonyl (C=O) groups excluding carboxylic acids is 1. The molecule has 0 radical (unpaired) electrons. The van der Waals surface area contributed by atoms with Gasteiger partial charge in [0.15, 0.2) is 0 Å². The number of alkyl halides is 3. The number of benzene rings is 1. The fourth-order valence-corrected chi connectivity index (χ4v) is 2.70. The van der Waals surface area contributed by atoms with Gasteiger partial charge in [-0.3, -0.25) is 4.79 Å². The molecule has 1 saturated heterocycles. The topological polar surface area (TPSA) is 73.6 Å². The molecule has 0 atom stereocenters.